The fourth-order valence-corrected chi connectivity index (χ4v) is 1.68. The zero-order valence-electron chi connectivity index (χ0n) is 8.63. The second-order valence-corrected chi connectivity index (χ2v) is 4.32. The van der Waals surface area contributed by atoms with E-state index < -0.39 is 0 Å². The Labute approximate surface area is 79.7 Å². The van der Waals surface area contributed by atoms with Gasteiger partial charge in [-0.2, -0.15) is 11.8 Å². The quantitative estimate of drug-likeness (QED) is 0.672. The Bertz CT molecular complexity index is 147. The minimum Gasteiger partial charge on any atom is -0.342 e. The molecule has 0 N–H and O–H groups in total. The molecule has 72 valence electrons. The molecule has 1 amide bonds. The normalized spacial score (nSPS) is 13.2. The van der Waals surface area contributed by atoms with E-state index in [0.29, 0.717) is 6.04 Å². The van der Waals surface area contributed by atoms with Gasteiger partial charge in [0.05, 0.1) is 0 Å². The number of hydrogen-bond acceptors (Lipinski definition) is 2. The minimum atomic E-state index is 0.110. The van der Waals surface area contributed by atoms with E-state index in [2.05, 4.69) is 13.2 Å². The largest absolute Gasteiger partial charge is 0.342 e. The highest BCUT2D eigenvalue weighted by atomic mass is 32.2. The van der Waals surface area contributed by atoms with Crippen LogP contribution in [0.3, 0.4) is 0 Å². The zero-order chi connectivity index (χ0) is 9.72. The lowest BCUT2D eigenvalue weighted by atomic mass is 10.2. The summed E-state index contributed by atoms with van der Waals surface area (Å²) in [5.41, 5.74) is 0. The molecule has 0 aromatic heterocycles. The van der Waals surface area contributed by atoms with Crippen LogP contribution >= 0.6 is 11.8 Å². The second-order valence-electron chi connectivity index (χ2n) is 3.41. The van der Waals surface area contributed by atoms with Gasteiger partial charge in [-0.15, -0.1) is 0 Å². The van der Waals surface area contributed by atoms with Crippen LogP contribution in [-0.4, -0.2) is 35.9 Å². The van der Waals surface area contributed by atoms with Gasteiger partial charge in [0.25, 0.3) is 0 Å². The summed E-state index contributed by atoms with van der Waals surface area (Å²) in [7, 11) is 1.88. The molecular weight excluding hydrogens is 170 g/mol. The third kappa shape index (κ3) is 3.48. The maximum Gasteiger partial charge on any atom is 0.225 e. The molecule has 0 radical (unpaired) electrons. The molecule has 0 fully saturated rings. The third-order valence-corrected chi connectivity index (χ3v) is 2.73. The highest BCUT2D eigenvalue weighted by Crippen LogP contribution is 2.07. The monoisotopic (exact) mass is 189 g/mol. The molecule has 0 aliphatic heterocycles. The van der Waals surface area contributed by atoms with Crippen molar-refractivity contribution < 1.29 is 4.79 Å². The average molecular weight is 189 g/mol. The van der Waals surface area contributed by atoms with E-state index in [0.717, 1.165) is 5.75 Å². The Hall–Kier alpha value is -0.180. The zero-order valence-corrected chi connectivity index (χ0v) is 9.44. The van der Waals surface area contributed by atoms with Gasteiger partial charge in [0.15, 0.2) is 0 Å². The first-order valence-corrected chi connectivity index (χ1v) is 5.65. The molecule has 0 saturated heterocycles. The molecule has 0 bridgehead atoms. The van der Waals surface area contributed by atoms with Gasteiger partial charge in [-0.1, -0.05) is 13.8 Å². The van der Waals surface area contributed by atoms with Crippen LogP contribution in [0.4, 0.5) is 0 Å². The van der Waals surface area contributed by atoms with E-state index in [1.54, 1.807) is 11.8 Å². The lowest BCUT2D eigenvalue weighted by Crippen LogP contribution is -2.38. The van der Waals surface area contributed by atoms with Gasteiger partial charge in [0.1, 0.15) is 0 Å². The number of carbonyl (C=O) groups is 1. The molecule has 0 aliphatic rings. The third-order valence-electron chi connectivity index (χ3n) is 1.91. The van der Waals surface area contributed by atoms with Gasteiger partial charge >= 0.3 is 0 Å². The van der Waals surface area contributed by atoms with Crippen LogP contribution in [0.5, 0.6) is 0 Å². The smallest absolute Gasteiger partial charge is 0.225 e. The van der Waals surface area contributed by atoms with E-state index >= 15 is 0 Å². The summed E-state index contributed by atoms with van der Waals surface area (Å²) < 4.78 is 0. The minimum absolute atomic E-state index is 0.110. The highest BCUT2D eigenvalue weighted by molar-refractivity contribution is 7.98. The number of hydrogen-bond donors (Lipinski definition) is 0. The lowest BCUT2D eigenvalue weighted by molar-refractivity contribution is -0.134. The number of amides is 1. The first kappa shape index (κ1) is 11.8. The first-order valence-electron chi connectivity index (χ1n) is 4.26. The maximum absolute atomic E-state index is 11.5. The molecule has 0 spiro atoms. The fourth-order valence-electron chi connectivity index (χ4n) is 0.977. The average Bonchev–Trinajstić information content (AvgIpc) is 2.02. The fraction of sp³-hybridized carbons (Fsp3) is 0.889. The summed E-state index contributed by atoms with van der Waals surface area (Å²) >= 11 is 1.77. The molecule has 12 heavy (non-hydrogen) atoms. The summed E-state index contributed by atoms with van der Waals surface area (Å²) in [4.78, 5) is 13.3. The van der Waals surface area contributed by atoms with Crippen LogP contribution in [-0.2, 0) is 4.79 Å². The van der Waals surface area contributed by atoms with Crippen LogP contribution in [0, 0.1) is 5.92 Å². The molecule has 0 aromatic rings. The molecule has 0 saturated carbocycles. The second kappa shape index (κ2) is 5.46. The lowest BCUT2D eigenvalue weighted by Gasteiger charge is -2.25. The molecule has 0 aromatic carbocycles. The van der Waals surface area contributed by atoms with Crippen LogP contribution in [0.1, 0.15) is 20.8 Å². The van der Waals surface area contributed by atoms with Crippen molar-refractivity contribution >= 4 is 17.7 Å². The Balaban J connectivity index is 4.00. The van der Waals surface area contributed by atoms with Gasteiger partial charge in [-0.3, -0.25) is 4.79 Å². The van der Waals surface area contributed by atoms with Gasteiger partial charge < -0.3 is 4.90 Å². The van der Waals surface area contributed by atoms with Crippen LogP contribution in [0.25, 0.3) is 0 Å². The first-order chi connectivity index (χ1) is 5.50. The molecule has 0 aliphatic carbocycles. The summed E-state index contributed by atoms with van der Waals surface area (Å²) in [6.45, 7) is 5.95. The SMILES string of the molecule is CSCC(C)N(C)C(=O)C(C)C. The van der Waals surface area contributed by atoms with Crippen molar-refractivity contribution in [2.24, 2.45) is 5.92 Å². The Kier molecular flexibility index (Phi) is 5.38. The summed E-state index contributed by atoms with van der Waals surface area (Å²) in [5.74, 6) is 1.35. The van der Waals surface area contributed by atoms with E-state index in [9.17, 15) is 4.79 Å². The standard InChI is InChI=1S/C9H19NOS/c1-7(2)9(11)10(4)8(3)6-12-5/h7-8H,6H2,1-5H3. The van der Waals surface area contributed by atoms with E-state index in [1.807, 2.05) is 25.8 Å². The summed E-state index contributed by atoms with van der Waals surface area (Å²) in [6, 6.07) is 0.342. The van der Waals surface area contributed by atoms with Crippen molar-refractivity contribution in [3.05, 3.63) is 0 Å². The highest BCUT2D eigenvalue weighted by Gasteiger charge is 2.17. The molecule has 1 atom stereocenters. The number of rotatable bonds is 4. The van der Waals surface area contributed by atoms with Crippen molar-refractivity contribution in [2.45, 2.75) is 26.8 Å². The van der Waals surface area contributed by atoms with Gasteiger partial charge in [0, 0.05) is 24.8 Å². The van der Waals surface area contributed by atoms with Crippen LogP contribution in [0.2, 0.25) is 0 Å². The van der Waals surface area contributed by atoms with Crippen LogP contribution in [0.15, 0.2) is 0 Å². The van der Waals surface area contributed by atoms with Gasteiger partial charge in [-0.25, -0.2) is 0 Å². The van der Waals surface area contributed by atoms with E-state index in [1.165, 1.54) is 0 Å². The van der Waals surface area contributed by atoms with Crippen LogP contribution < -0.4 is 0 Å². The number of nitrogens with zero attached hydrogens (tertiary/aromatic N) is 1. The van der Waals surface area contributed by atoms with Crippen molar-refractivity contribution in [3.63, 3.8) is 0 Å². The van der Waals surface area contributed by atoms with Crippen molar-refractivity contribution in [2.75, 3.05) is 19.1 Å². The Morgan fingerprint density at radius 2 is 1.92 bits per heavy atom. The molecule has 3 heteroatoms. The molecular formula is C9H19NOS. The Morgan fingerprint density at radius 1 is 1.42 bits per heavy atom. The summed E-state index contributed by atoms with van der Waals surface area (Å²) in [6.07, 6.45) is 2.06. The maximum atomic E-state index is 11.5. The Morgan fingerprint density at radius 3 is 2.25 bits per heavy atom. The topological polar surface area (TPSA) is 20.3 Å². The number of thioether (sulfide) groups is 1. The summed E-state index contributed by atoms with van der Waals surface area (Å²) in [5, 5.41) is 0. The van der Waals surface area contributed by atoms with Gasteiger partial charge in [-0.05, 0) is 13.2 Å². The molecule has 2 nitrogen and oxygen atoms in total. The van der Waals surface area contributed by atoms with E-state index in [4.69, 9.17) is 0 Å². The predicted octanol–water partition coefficient (Wildman–Crippen LogP) is 1.85. The molecule has 0 rings (SSSR count). The number of carbonyl (C=O) groups excluding carboxylic acids is 1. The predicted molar refractivity (Wildman–Crippen MR) is 55.5 cm³/mol. The molecule has 0 heterocycles. The van der Waals surface area contributed by atoms with E-state index in [-0.39, 0.29) is 11.8 Å². The van der Waals surface area contributed by atoms with Crippen molar-refractivity contribution in [1.29, 1.82) is 0 Å². The van der Waals surface area contributed by atoms with Crippen molar-refractivity contribution in [1.82, 2.24) is 4.90 Å². The van der Waals surface area contributed by atoms with Crippen molar-refractivity contribution in [3.8, 4) is 0 Å². The van der Waals surface area contributed by atoms with Gasteiger partial charge in [0.2, 0.25) is 5.91 Å². The molecule has 1 unspecified atom stereocenters.